The molecular formula is C22H15Br2N3O. The van der Waals surface area contributed by atoms with Crippen molar-refractivity contribution >= 4 is 55.4 Å². The van der Waals surface area contributed by atoms with Gasteiger partial charge in [0.2, 0.25) is 0 Å². The summed E-state index contributed by atoms with van der Waals surface area (Å²) in [6.45, 7) is 0. The van der Waals surface area contributed by atoms with Gasteiger partial charge in [0.1, 0.15) is 5.70 Å². The molecule has 0 fully saturated rings. The van der Waals surface area contributed by atoms with Crippen LogP contribution in [0, 0.1) is 0 Å². The first-order valence-electron chi connectivity index (χ1n) is 8.58. The summed E-state index contributed by atoms with van der Waals surface area (Å²) in [7, 11) is 0. The number of carbonyl (C=O) groups is 1. The fourth-order valence-electron chi connectivity index (χ4n) is 2.80. The van der Waals surface area contributed by atoms with E-state index in [9.17, 15) is 4.79 Å². The van der Waals surface area contributed by atoms with Gasteiger partial charge in [-0.1, -0.05) is 74.3 Å². The van der Waals surface area contributed by atoms with Crippen LogP contribution in [0.1, 0.15) is 11.1 Å². The van der Waals surface area contributed by atoms with E-state index in [1.165, 1.54) is 5.01 Å². The number of para-hydroxylation sites is 1. The lowest BCUT2D eigenvalue weighted by Crippen LogP contribution is -2.37. The van der Waals surface area contributed by atoms with Crippen molar-refractivity contribution in [1.29, 1.82) is 0 Å². The van der Waals surface area contributed by atoms with Gasteiger partial charge in [-0.15, -0.1) is 0 Å². The minimum atomic E-state index is -0.207. The van der Waals surface area contributed by atoms with Crippen molar-refractivity contribution in [3.63, 3.8) is 0 Å². The molecule has 4 rings (SSSR count). The van der Waals surface area contributed by atoms with Gasteiger partial charge in [-0.2, -0.15) is 5.01 Å². The average molecular weight is 497 g/mol. The lowest BCUT2D eigenvalue weighted by Gasteiger charge is -2.20. The lowest BCUT2D eigenvalue weighted by molar-refractivity contribution is -0.121. The molecule has 1 heterocycles. The van der Waals surface area contributed by atoms with Crippen LogP contribution < -0.4 is 5.43 Å². The van der Waals surface area contributed by atoms with E-state index in [2.05, 4.69) is 42.3 Å². The third-order valence-electron chi connectivity index (χ3n) is 4.13. The zero-order valence-corrected chi connectivity index (χ0v) is 17.8. The first-order valence-corrected chi connectivity index (χ1v) is 10.2. The molecular weight excluding hydrogens is 482 g/mol. The Morgan fingerprint density at radius 1 is 0.857 bits per heavy atom. The van der Waals surface area contributed by atoms with E-state index in [1.807, 2.05) is 78.9 Å². The van der Waals surface area contributed by atoms with Gasteiger partial charge < -0.3 is 0 Å². The maximum absolute atomic E-state index is 13.1. The van der Waals surface area contributed by atoms with Crippen molar-refractivity contribution in [2.45, 2.75) is 0 Å². The van der Waals surface area contributed by atoms with Gasteiger partial charge in [0, 0.05) is 14.5 Å². The summed E-state index contributed by atoms with van der Waals surface area (Å²) < 4.78 is 1.91. The zero-order valence-electron chi connectivity index (χ0n) is 14.6. The number of hydrogen-bond acceptors (Lipinski definition) is 3. The highest BCUT2D eigenvalue weighted by Gasteiger charge is 2.31. The molecule has 0 unspecified atom stereocenters. The summed E-state index contributed by atoms with van der Waals surface area (Å²) in [5.41, 5.74) is 6.10. The second-order valence-electron chi connectivity index (χ2n) is 6.15. The Balaban J connectivity index is 1.74. The van der Waals surface area contributed by atoms with Gasteiger partial charge in [-0.3, -0.25) is 10.2 Å². The molecule has 1 N–H and O–H groups in total. The number of nitrogens with one attached hydrogen (secondary N) is 1. The van der Waals surface area contributed by atoms with E-state index in [1.54, 1.807) is 6.08 Å². The SMILES string of the molecule is O=C1/C(=C\c2ccc(Br)cc2)N=C(c2cccc(Br)c2)N1Nc1ccccc1. The van der Waals surface area contributed by atoms with Crippen LogP contribution in [0.3, 0.4) is 0 Å². The van der Waals surface area contributed by atoms with Gasteiger partial charge in [-0.25, -0.2) is 4.99 Å². The van der Waals surface area contributed by atoms with Crippen molar-refractivity contribution in [2.75, 3.05) is 5.43 Å². The molecule has 138 valence electrons. The molecule has 0 aromatic heterocycles. The van der Waals surface area contributed by atoms with Crippen LogP contribution in [0.2, 0.25) is 0 Å². The first kappa shape index (κ1) is 18.7. The van der Waals surface area contributed by atoms with Gasteiger partial charge in [0.05, 0.1) is 5.69 Å². The van der Waals surface area contributed by atoms with Crippen molar-refractivity contribution in [2.24, 2.45) is 4.99 Å². The monoisotopic (exact) mass is 495 g/mol. The Labute approximate surface area is 179 Å². The molecule has 0 bridgehead atoms. The Hall–Kier alpha value is -2.70. The van der Waals surface area contributed by atoms with E-state index in [-0.39, 0.29) is 5.91 Å². The van der Waals surface area contributed by atoms with Crippen LogP contribution in [0.15, 0.2) is 98.5 Å². The summed E-state index contributed by atoms with van der Waals surface area (Å²) in [4.78, 5) is 17.7. The van der Waals surface area contributed by atoms with Gasteiger partial charge in [0.15, 0.2) is 5.84 Å². The van der Waals surface area contributed by atoms with Crippen molar-refractivity contribution in [1.82, 2.24) is 5.01 Å². The van der Waals surface area contributed by atoms with Crippen LogP contribution in [0.5, 0.6) is 0 Å². The Morgan fingerprint density at radius 3 is 2.32 bits per heavy atom. The van der Waals surface area contributed by atoms with Gasteiger partial charge >= 0.3 is 0 Å². The second-order valence-corrected chi connectivity index (χ2v) is 7.98. The van der Waals surface area contributed by atoms with Crippen LogP contribution in [0.4, 0.5) is 5.69 Å². The Kier molecular flexibility index (Phi) is 5.41. The number of rotatable bonds is 4. The molecule has 28 heavy (non-hydrogen) atoms. The van der Waals surface area contributed by atoms with E-state index in [0.29, 0.717) is 11.5 Å². The number of hydrogen-bond donors (Lipinski definition) is 1. The molecule has 3 aromatic rings. The molecule has 0 saturated heterocycles. The minimum absolute atomic E-state index is 0.207. The number of nitrogens with zero attached hydrogens (tertiary/aromatic N) is 2. The maximum Gasteiger partial charge on any atom is 0.297 e. The number of anilines is 1. The fourth-order valence-corrected chi connectivity index (χ4v) is 3.46. The summed E-state index contributed by atoms with van der Waals surface area (Å²) in [6, 6.07) is 25.0. The fraction of sp³-hybridized carbons (Fsp3) is 0. The highest BCUT2D eigenvalue weighted by molar-refractivity contribution is 9.10. The number of carbonyl (C=O) groups excluding carboxylic acids is 1. The molecule has 1 amide bonds. The van der Waals surface area contributed by atoms with Gasteiger partial charge in [0.25, 0.3) is 5.91 Å². The number of aliphatic imine (C=N–C) groups is 1. The van der Waals surface area contributed by atoms with Crippen LogP contribution in [-0.4, -0.2) is 16.8 Å². The highest BCUT2D eigenvalue weighted by Crippen LogP contribution is 2.25. The highest BCUT2D eigenvalue weighted by atomic mass is 79.9. The summed E-state index contributed by atoms with van der Waals surface area (Å²) in [5.74, 6) is 0.347. The minimum Gasteiger partial charge on any atom is -0.290 e. The molecule has 1 aliphatic rings. The van der Waals surface area contributed by atoms with Crippen molar-refractivity contribution in [3.05, 3.63) is 105 Å². The third kappa shape index (κ3) is 4.08. The van der Waals surface area contributed by atoms with E-state index < -0.39 is 0 Å². The first-order chi connectivity index (χ1) is 13.6. The molecule has 3 aromatic carbocycles. The average Bonchev–Trinajstić information content (AvgIpc) is 3.00. The zero-order chi connectivity index (χ0) is 19.5. The smallest absolute Gasteiger partial charge is 0.290 e. The van der Waals surface area contributed by atoms with Crippen molar-refractivity contribution in [3.8, 4) is 0 Å². The topological polar surface area (TPSA) is 44.7 Å². The number of amides is 1. The summed E-state index contributed by atoms with van der Waals surface area (Å²) in [6.07, 6.45) is 1.79. The van der Waals surface area contributed by atoms with Crippen molar-refractivity contribution < 1.29 is 4.79 Å². The number of amidine groups is 1. The third-order valence-corrected chi connectivity index (χ3v) is 5.15. The van der Waals surface area contributed by atoms with Crippen LogP contribution in [-0.2, 0) is 4.79 Å². The molecule has 1 aliphatic heterocycles. The number of halogens is 2. The second kappa shape index (κ2) is 8.12. The van der Waals surface area contributed by atoms with Gasteiger partial charge in [-0.05, 0) is 48.0 Å². The van der Waals surface area contributed by atoms with Crippen LogP contribution in [0.25, 0.3) is 6.08 Å². The van der Waals surface area contributed by atoms with Crippen LogP contribution >= 0.6 is 31.9 Å². The quantitative estimate of drug-likeness (QED) is 0.459. The normalized spacial score (nSPS) is 15.1. The standard InChI is InChI=1S/C22H15Br2N3O/c23-17-11-9-15(10-12-17)13-20-22(28)27(26-19-7-2-1-3-8-19)21(25-20)16-5-4-6-18(24)14-16/h1-14,26H/b20-13+. The predicted octanol–water partition coefficient (Wildman–Crippen LogP) is 5.87. The molecule has 0 spiro atoms. The number of benzene rings is 3. The molecule has 0 atom stereocenters. The largest absolute Gasteiger partial charge is 0.297 e. The van der Waals surface area contributed by atoms with E-state index >= 15 is 0 Å². The predicted molar refractivity (Wildman–Crippen MR) is 120 cm³/mol. The summed E-state index contributed by atoms with van der Waals surface area (Å²) >= 11 is 6.91. The number of hydrazine groups is 1. The molecule has 0 radical (unpaired) electrons. The Morgan fingerprint density at radius 2 is 1.61 bits per heavy atom. The van der Waals surface area contributed by atoms with E-state index in [4.69, 9.17) is 0 Å². The summed E-state index contributed by atoms with van der Waals surface area (Å²) in [5, 5.41) is 1.49. The maximum atomic E-state index is 13.1. The lowest BCUT2D eigenvalue weighted by atomic mass is 10.2. The molecule has 6 heteroatoms. The Bertz CT molecular complexity index is 1080. The molecule has 4 nitrogen and oxygen atoms in total. The van der Waals surface area contributed by atoms with E-state index in [0.717, 1.165) is 25.8 Å². The molecule has 0 saturated carbocycles. The molecule has 0 aliphatic carbocycles.